The topological polar surface area (TPSA) is 54.8 Å². The zero-order chi connectivity index (χ0) is 16.1. The van der Waals surface area contributed by atoms with Gasteiger partial charge in [-0.05, 0) is 60.3 Å². The standard InChI is InChI=1S/C17H25BrN2O3/c18-13-3-4-16(19-10-13)17-2-1-7-20(17)11-14(21)12-23-15-5-8-22-9-6-15/h3-4,10,14-15,17,21H,1-2,5-9,11-12H2/t14-,17+/m0/s1. The fourth-order valence-corrected chi connectivity index (χ4v) is 3.61. The molecule has 6 heteroatoms. The van der Waals surface area contributed by atoms with Crippen LogP contribution < -0.4 is 0 Å². The Morgan fingerprint density at radius 2 is 2.17 bits per heavy atom. The number of β-amino-alcohol motifs (C(OH)–C–C–N with tert-alkyl or cyclic N) is 1. The molecule has 0 bridgehead atoms. The van der Waals surface area contributed by atoms with Crippen molar-refractivity contribution in [2.75, 3.05) is 32.9 Å². The van der Waals surface area contributed by atoms with Crippen molar-refractivity contribution >= 4 is 15.9 Å². The molecule has 128 valence electrons. The van der Waals surface area contributed by atoms with Gasteiger partial charge in [-0.15, -0.1) is 0 Å². The first-order valence-corrected chi connectivity index (χ1v) is 9.24. The van der Waals surface area contributed by atoms with Gasteiger partial charge in [-0.1, -0.05) is 0 Å². The number of aromatic nitrogens is 1. The summed E-state index contributed by atoms with van der Waals surface area (Å²) in [5.41, 5.74) is 1.09. The molecule has 2 aliphatic heterocycles. The van der Waals surface area contributed by atoms with Crippen molar-refractivity contribution in [2.45, 2.75) is 43.9 Å². The van der Waals surface area contributed by atoms with Crippen LogP contribution in [0, 0.1) is 0 Å². The number of likely N-dealkylation sites (tertiary alicyclic amines) is 1. The van der Waals surface area contributed by atoms with Crippen molar-refractivity contribution in [3.05, 3.63) is 28.5 Å². The van der Waals surface area contributed by atoms with E-state index in [1.54, 1.807) is 0 Å². The van der Waals surface area contributed by atoms with Crippen molar-refractivity contribution in [2.24, 2.45) is 0 Å². The Hall–Kier alpha value is -0.530. The summed E-state index contributed by atoms with van der Waals surface area (Å²) in [4.78, 5) is 6.85. The smallest absolute Gasteiger partial charge is 0.0900 e. The Morgan fingerprint density at radius 3 is 2.91 bits per heavy atom. The van der Waals surface area contributed by atoms with Crippen LogP contribution in [0.5, 0.6) is 0 Å². The predicted molar refractivity (Wildman–Crippen MR) is 91.3 cm³/mol. The summed E-state index contributed by atoms with van der Waals surface area (Å²) in [5.74, 6) is 0. The molecular formula is C17H25BrN2O3. The normalized spacial score (nSPS) is 24.9. The molecule has 0 amide bonds. The molecule has 0 saturated carbocycles. The number of hydrogen-bond acceptors (Lipinski definition) is 5. The Bertz CT molecular complexity index is 479. The summed E-state index contributed by atoms with van der Waals surface area (Å²) in [6.07, 6.45) is 5.74. The van der Waals surface area contributed by atoms with Crippen LogP contribution in [0.4, 0.5) is 0 Å². The molecule has 3 heterocycles. The van der Waals surface area contributed by atoms with E-state index in [1.165, 1.54) is 0 Å². The van der Waals surface area contributed by atoms with E-state index in [0.29, 0.717) is 19.2 Å². The third-order valence-electron chi connectivity index (χ3n) is 4.59. The van der Waals surface area contributed by atoms with Gasteiger partial charge in [-0.3, -0.25) is 9.88 Å². The van der Waals surface area contributed by atoms with Crippen molar-refractivity contribution in [3.63, 3.8) is 0 Å². The third kappa shape index (κ3) is 4.97. The molecule has 2 aliphatic rings. The molecule has 1 aromatic rings. The minimum Gasteiger partial charge on any atom is -0.389 e. The Morgan fingerprint density at radius 1 is 1.35 bits per heavy atom. The average Bonchev–Trinajstić information content (AvgIpc) is 3.03. The molecule has 0 aromatic carbocycles. The van der Waals surface area contributed by atoms with Crippen LogP contribution in [0.25, 0.3) is 0 Å². The van der Waals surface area contributed by atoms with Gasteiger partial charge in [0, 0.05) is 30.4 Å². The molecule has 2 atom stereocenters. The van der Waals surface area contributed by atoms with E-state index in [1.807, 2.05) is 12.3 Å². The summed E-state index contributed by atoms with van der Waals surface area (Å²) >= 11 is 3.43. The molecule has 2 fully saturated rings. The molecule has 3 rings (SSSR count). The van der Waals surface area contributed by atoms with Gasteiger partial charge in [0.25, 0.3) is 0 Å². The first kappa shape index (κ1) is 17.3. The summed E-state index contributed by atoms with van der Waals surface area (Å²) in [6.45, 7) is 3.60. The van der Waals surface area contributed by atoms with Gasteiger partial charge < -0.3 is 14.6 Å². The number of ether oxygens (including phenoxy) is 2. The van der Waals surface area contributed by atoms with Crippen LogP contribution in [0.1, 0.15) is 37.4 Å². The van der Waals surface area contributed by atoms with Crippen LogP contribution in [-0.2, 0) is 9.47 Å². The highest BCUT2D eigenvalue weighted by Crippen LogP contribution is 2.31. The maximum atomic E-state index is 10.3. The SMILES string of the molecule is O[C@H](COC1CCOCC1)CN1CCC[C@@H]1c1ccc(Br)cn1. The summed E-state index contributed by atoms with van der Waals surface area (Å²) in [6, 6.07) is 4.41. The second kappa shape index (κ2) is 8.53. The van der Waals surface area contributed by atoms with E-state index in [9.17, 15) is 5.11 Å². The van der Waals surface area contributed by atoms with Gasteiger partial charge in [-0.25, -0.2) is 0 Å². The molecule has 1 N–H and O–H groups in total. The molecule has 0 radical (unpaired) electrons. The zero-order valence-electron chi connectivity index (χ0n) is 13.4. The van der Waals surface area contributed by atoms with Crippen molar-refractivity contribution in [1.29, 1.82) is 0 Å². The van der Waals surface area contributed by atoms with Crippen molar-refractivity contribution in [3.8, 4) is 0 Å². The van der Waals surface area contributed by atoms with Gasteiger partial charge in [0.1, 0.15) is 0 Å². The Balaban J connectivity index is 1.48. The summed E-state index contributed by atoms with van der Waals surface area (Å²) in [5, 5.41) is 10.3. The highest BCUT2D eigenvalue weighted by atomic mass is 79.9. The van der Waals surface area contributed by atoms with Gasteiger partial charge in [0.05, 0.1) is 30.6 Å². The van der Waals surface area contributed by atoms with Crippen LogP contribution >= 0.6 is 15.9 Å². The van der Waals surface area contributed by atoms with Gasteiger partial charge in [-0.2, -0.15) is 0 Å². The molecule has 0 spiro atoms. The minimum atomic E-state index is -0.450. The lowest BCUT2D eigenvalue weighted by atomic mass is 10.1. The fraction of sp³-hybridized carbons (Fsp3) is 0.706. The molecule has 0 aliphatic carbocycles. The molecule has 2 saturated heterocycles. The predicted octanol–water partition coefficient (Wildman–Crippen LogP) is 2.54. The third-order valence-corrected chi connectivity index (χ3v) is 5.06. The van der Waals surface area contributed by atoms with Crippen LogP contribution in [0.2, 0.25) is 0 Å². The van der Waals surface area contributed by atoms with Crippen LogP contribution in [0.15, 0.2) is 22.8 Å². The largest absolute Gasteiger partial charge is 0.389 e. The number of pyridine rings is 1. The molecule has 5 nitrogen and oxygen atoms in total. The first-order valence-electron chi connectivity index (χ1n) is 8.45. The number of halogens is 1. The average molecular weight is 385 g/mol. The number of aliphatic hydroxyl groups excluding tert-OH is 1. The lowest BCUT2D eigenvalue weighted by Crippen LogP contribution is -2.36. The Labute approximate surface area is 146 Å². The van der Waals surface area contributed by atoms with Crippen LogP contribution in [0.3, 0.4) is 0 Å². The minimum absolute atomic E-state index is 0.237. The van der Waals surface area contributed by atoms with E-state index >= 15 is 0 Å². The zero-order valence-corrected chi connectivity index (χ0v) is 15.0. The van der Waals surface area contributed by atoms with E-state index < -0.39 is 6.10 Å². The summed E-state index contributed by atoms with van der Waals surface area (Å²) < 4.78 is 12.2. The highest BCUT2D eigenvalue weighted by molar-refractivity contribution is 9.10. The highest BCUT2D eigenvalue weighted by Gasteiger charge is 2.28. The van der Waals surface area contributed by atoms with E-state index in [0.717, 1.165) is 55.6 Å². The lowest BCUT2D eigenvalue weighted by Gasteiger charge is -2.28. The van der Waals surface area contributed by atoms with E-state index in [2.05, 4.69) is 31.9 Å². The van der Waals surface area contributed by atoms with Gasteiger partial charge in [0.2, 0.25) is 0 Å². The second-order valence-electron chi connectivity index (χ2n) is 6.35. The van der Waals surface area contributed by atoms with Crippen LogP contribution in [-0.4, -0.2) is 60.1 Å². The monoisotopic (exact) mass is 384 g/mol. The van der Waals surface area contributed by atoms with Crippen molar-refractivity contribution < 1.29 is 14.6 Å². The molecule has 0 unspecified atom stereocenters. The lowest BCUT2D eigenvalue weighted by molar-refractivity contribution is -0.0647. The van der Waals surface area contributed by atoms with E-state index in [-0.39, 0.29) is 6.10 Å². The van der Waals surface area contributed by atoms with Gasteiger partial charge >= 0.3 is 0 Å². The summed E-state index contributed by atoms with van der Waals surface area (Å²) in [7, 11) is 0. The number of aliphatic hydroxyl groups is 1. The first-order chi connectivity index (χ1) is 11.2. The van der Waals surface area contributed by atoms with Gasteiger partial charge in [0.15, 0.2) is 0 Å². The Kier molecular flexibility index (Phi) is 6.42. The molecule has 1 aromatic heterocycles. The molecular weight excluding hydrogens is 360 g/mol. The molecule has 23 heavy (non-hydrogen) atoms. The number of hydrogen-bond donors (Lipinski definition) is 1. The number of nitrogens with zero attached hydrogens (tertiary/aromatic N) is 2. The quantitative estimate of drug-likeness (QED) is 0.816. The maximum absolute atomic E-state index is 10.3. The fourth-order valence-electron chi connectivity index (χ4n) is 3.38. The van der Waals surface area contributed by atoms with Crippen molar-refractivity contribution in [1.82, 2.24) is 9.88 Å². The number of rotatable bonds is 6. The second-order valence-corrected chi connectivity index (χ2v) is 7.27. The van der Waals surface area contributed by atoms with E-state index in [4.69, 9.17) is 9.47 Å². The maximum Gasteiger partial charge on any atom is 0.0900 e.